The molecule has 1 amide bonds. The number of nitrogens with one attached hydrogen (secondary N) is 1. The minimum atomic E-state index is -3.66. The number of carbonyl (C=O) groups excluding carboxylic acids is 1. The molecule has 1 aromatic heterocycles. The molecule has 1 heterocycles. The lowest BCUT2D eigenvalue weighted by Crippen LogP contribution is -2.27. The average Bonchev–Trinajstić information content (AvgIpc) is 2.91. The zero-order chi connectivity index (χ0) is 17.2. The van der Waals surface area contributed by atoms with Crippen molar-refractivity contribution in [3.05, 3.63) is 46.3 Å². The number of aromatic nitrogens is 1. The second-order valence-electron chi connectivity index (χ2n) is 4.94. The third kappa shape index (κ3) is 3.90. The SMILES string of the molecule is CNS(=O)(=O)c1ccc(Cl)c(C(=O)N(C)Cc2cc(C)on2)c1. The molecule has 1 aromatic carbocycles. The number of carbonyl (C=O) groups is 1. The van der Waals surface area contributed by atoms with Gasteiger partial charge in [-0.3, -0.25) is 4.79 Å². The standard InChI is InChI=1S/C14H16ClN3O4S/c1-9-6-10(17-22-9)8-18(3)14(19)12-7-11(4-5-13(12)15)23(20,21)16-2/h4-7,16H,8H2,1-3H3. The zero-order valence-corrected chi connectivity index (χ0v) is 14.4. The van der Waals surface area contributed by atoms with Crippen LogP contribution in [0.2, 0.25) is 5.02 Å². The van der Waals surface area contributed by atoms with Crippen LogP contribution < -0.4 is 4.72 Å². The van der Waals surface area contributed by atoms with Crippen LogP contribution in [0, 0.1) is 6.92 Å². The second kappa shape index (κ2) is 6.69. The lowest BCUT2D eigenvalue weighted by molar-refractivity contribution is 0.0782. The van der Waals surface area contributed by atoms with Gasteiger partial charge in [-0.2, -0.15) is 0 Å². The molecule has 0 unspecified atom stereocenters. The molecule has 0 spiro atoms. The van der Waals surface area contributed by atoms with Crippen molar-refractivity contribution in [3.8, 4) is 0 Å². The van der Waals surface area contributed by atoms with E-state index in [1.165, 1.54) is 30.1 Å². The molecular weight excluding hydrogens is 342 g/mol. The smallest absolute Gasteiger partial charge is 0.255 e. The van der Waals surface area contributed by atoms with E-state index in [0.29, 0.717) is 11.5 Å². The van der Waals surface area contributed by atoms with Crippen LogP contribution in [0.25, 0.3) is 0 Å². The van der Waals surface area contributed by atoms with Crippen molar-refractivity contribution >= 4 is 27.5 Å². The molecule has 2 rings (SSSR count). The summed E-state index contributed by atoms with van der Waals surface area (Å²) < 4.78 is 30.8. The summed E-state index contributed by atoms with van der Waals surface area (Å²) in [5.41, 5.74) is 0.694. The molecular formula is C14H16ClN3O4S. The third-order valence-electron chi connectivity index (χ3n) is 3.17. The first-order valence-electron chi connectivity index (χ1n) is 6.65. The van der Waals surface area contributed by atoms with Crippen LogP contribution in [0.3, 0.4) is 0 Å². The Bertz CT molecular complexity index is 832. The lowest BCUT2D eigenvalue weighted by Gasteiger charge is -2.17. The van der Waals surface area contributed by atoms with Gasteiger partial charge in [0, 0.05) is 13.1 Å². The third-order valence-corrected chi connectivity index (χ3v) is 4.91. The summed E-state index contributed by atoms with van der Waals surface area (Å²) in [4.78, 5) is 13.9. The number of rotatable bonds is 5. The van der Waals surface area contributed by atoms with Crippen LogP contribution in [0.15, 0.2) is 33.7 Å². The molecule has 0 saturated carbocycles. The number of benzene rings is 1. The van der Waals surface area contributed by atoms with E-state index in [-0.39, 0.29) is 22.0 Å². The summed E-state index contributed by atoms with van der Waals surface area (Å²) in [7, 11) is -0.792. The van der Waals surface area contributed by atoms with E-state index in [9.17, 15) is 13.2 Å². The number of aryl methyl sites for hydroxylation is 1. The highest BCUT2D eigenvalue weighted by Gasteiger charge is 2.20. The summed E-state index contributed by atoms with van der Waals surface area (Å²) in [6.07, 6.45) is 0. The first-order chi connectivity index (χ1) is 10.7. The van der Waals surface area contributed by atoms with Crippen LogP contribution in [0.4, 0.5) is 0 Å². The molecule has 124 valence electrons. The normalized spacial score (nSPS) is 11.5. The molecule has 23 heavy (non-hydrogen) atoms. The summed E-state index contributed by atoms with van der Waals surface area (Å²) >= 11 is 6.04. The van der Waals surface area contributed by atoms with Gasteiger partial charge in [0.15, 0.2) is 0 Å². The predicted molar refractivity (Wildman–Crippen MR) is 84.7 cm³/mol. The number of halogens is 1. The Morgan fingerprint density at radius 2 is 2.09 bits per heavy atom. The fourth-order valence-electron chi connectivity index (χ4n) is 1.97. The van der Waals surface area contributed by atoms with Gasteiger partial charge in [-0.05, 0) is 32.2 Å². The fraction of sp³-hybridized carbons (Fsp3) is 0.286. The Hall–Kier alpha value is -1.90. The topological polar surface area (TPSA) is 92.5 Å². The highest BCUT2D eigenvalue weighted by molar-refractivity contribution is 7.89. The Balaban J connectivity index is 2.29. The summed E-state index contributed by atoms with van der Waals surface area (Å²) in [6.45, 7) is 1.97. The van der Waals surface area contributed by atoms with Crippen molar-refractivity contribution in [3.63, 3.8) is 0 Å². The van der Waals surface area contributed by atoms with Gasteiger partial charge < -0.3 is 9.42 Å². The van der Waals surface area contributed by atoms with Crippen molar-refractivity contribution in [2.24, 2.45) is 0 Å². The highest BCUT2D eigenvalue weighted by atomic mass is 35.5. The number of sulfonamides is 1. The molecule has 0 atom stereocenters. The summed E-state index contributed by atoms with van der Waals surface area (Å²) in [6, 6.07) is 5.69. The van der Waals surface area contributed by atoms with Crippen LogP contribution >= 0.6 is 11.6 Å². The van der Waals surface area contributed by atoms with E-state index in [1.807, 2.05) is 0 Å². The number of amides is 1. The molecule has 1 N–H and O–H groups in total. The van der Waals surface area contributed by atoms with Gasteiger partial charge in [0.05, 0.1) is 22.0 Å². The van der Waals surface area contributed by atoms with E-state index in [2.05, 4.69) is 9.88 Å². The number of hydrogen-bond donors (Lipinski definition) is 1. The average molecular weight is 358 g/mol. The molecule has 0 fully saturated rings. The Morgan fingerprint density at radius 1 is 1.39 bits per heavy atom. The lowest BCUT2D eigenvalue weighted by atomic mass is 10.2. The first-order valence-corrected chi connectivity index (χ1v) is 8.51. The van der Waals surface area contributed by atoms with Gasteiger partial charge in [0.25, 0.3) is 5.91 Å². The van der Waals surface area contributed by atoms with E-state index in [4.69, 9.17) is 16.1 Å². The maximum absolute atomic E-state index is 12.5. The van der Waals surface area contributed by atoms with Gasteiger partial charge in [-0.1, -0.05) is 16.8 Å². The Kier molecular flexibility index (Phi) is 5.08. The van der Waals surface area contributed by atoms with Crippen LogP contribution in [-0.4, -0.2) is 38.5 Å². The van der Waals surface area contributed by atoms with E-state index < -0.39 is 15.9 Å². The monoisotopic (exact) mass is 357 g/mol. The largest absolute Gasteiger partial charge is 0.361 e. The van der Waals surface area contributed by atoms with Gasteiger partial charge in [0.1, 0.15) is 11.5 Å². The predicted octanol–water partition coefficient (Wildman–Crippen LogP) is 1.82. The Morgan fingerprint density at radius 3 is 2.65 bits per heavy atom. The summed E-state index contributed by atoms with van der Waals surface area (Å²) in [5, 5.41) is 3.99. The highest BCUT2D eigenvalue weighted by Crippen LogP contribution is 2.22. The molecule has 2 aromatic rings. The molecule has 0 aliphatic rings. The molecule has 0 aliphatic carbocycles. The van der Waals surface area contributed by atoms with Crippen LogP contribution in [-0.2, 0) is 16.6 Å². The number of hydrogen-bond acceptors (Lipinski definition) is 5. The maximum atomic E-state index is 12.5. The zero-order valence-electron chi connectivity index (χ0n) is 12.8. The van der Waals surface area contributed by atoms with E-state index in [0.717, 1.165) is 0 Å². The van der Waals surface area contributed by atoms with E-state index >= 15 is 0 Å². The van der Waals surface area contributed by atoms with Gasteiger partial charge >= 0.3 is 0 Å². The van der Waals surface area contributed by atoms with Crippen molar-refractivity contribution in [2.45, 2.75) is 18.4 Å². The quantitative estimate of drug-likeness (QED) is 0.881. The van der Waals surface area contributed by atoms with Crippen molar-refractivity contribution in [1.29, 1.82) is 0 Å². The van der Waals surface area contributed by atoms with Gasteiger partial charge in [-0.25, -0.2) is 13.1 Å². The van der Waals surface area contributed by atoms with Crippen molar-refractivity contribution in [1.82, 2.24) is 14.8 Å². The number of nitrogens with zero attached hydrogens (tertiary/aromatic N) is 2. The van der Waals surface area contributed by atoms with E-state index in [1.54, 1.807) is 20.0 Å². The van der Waals surface area contributed by atoms with Crippen LogP contribution in [0.5, 0.6) is 0 Å². The van der Waals surface area contributed by atoms with Gasteiger partial charge in [-0.15, -0.1) is 0 Å². The second-order valence-corrected chi connectivity index (χ2v) is 7.23. The minimum absolute atomic E-state index is 0.0292. The molecule has 0 saturated heterocycles. The molecule has 0 aliphatic heterocycles. The molecule has 9 heteroatoms. The molecule has 0 radical (unpaired) electrons. The van der Waals surface area contributed by atoms with Gasteiger partial charge in [0.2, 0.25) is 10.0 Å². The summed E-state index contributed by atoms with van der Waals surface area (Å²) in [5.74, 6) is 0.227. The Labute approximate surface area is 139 Å². The van der Waals surface area contributed by atoms with Crippen LogP contribution in [0.1, 0.15) is 21.8 Å². The maximum Gasteiger partial charge on any atom is 0.255 e. The fourth-order valence-corrected chi connectivity index (χ4v) is 2.92. The molecule has 0 bridgehead atoms. The van der Waals surface area contributed by atoms with Crippen molar-refractivity contribution in [2.75, 3.05) is 14.1 Å². The van der Waals surface area contributed by atoms with Crippen molar-refractivity contribution < 1.29 is 17.7 Å². The molecule has 7 nitrogen and oxygen atoms in total. The first kappa shape index (κ1) is 17.5. The minimum Gasteiger partial charge on any atom is -0.361 e.